The van der Waals surface area contributed by atoms with Crippen LogP contribution in [0.3, 0.4) is 0 Å². The van der Waals surface area contributed by atoms with Crippen molar-refractivity contribution in [2.75, 3.05) is 6.54 Å². The highest BCUT2D eigenvalue weighted by Crippen LogP contribution is 2.38. The summed E-state index contributed by atoms with van der Waals surface area (Å²) in [5, 5.41) is 20.9. The largest absolute Gasteiger partial charge is 0.493 e. The highest BCUT2D eigenvalue weighted by molar-refractivity contribution is 5.96. The zero-order valence-electron chi connectivity index (χ0n) is 15.4. The Balaban J connectivity index is 1.65. The van der Waals surface area contributed by atoms with Crippen molar-refractivity contribution in [2.45, 2.75) is 6.54 Å². The average Bonchev–Trinajstić information content (AvgIpc) is 3.01. The van der Waals surface area contributed by atoms with Crippen molar-refractivity contribution in [3.8, 4) is 18.2 Å². The first-order chi connectivity index (χ1) is 14.1. The molecular formula is C22H18N4O3. The number of rotatable bonds is 6. The van der Waals surface area contributed by atoms with Gasteiger partial charge in [0.2, 0.25) is 11.8 Å². The lowest BCUT2D eigenvalue weighted by Crippen LogP contribution is -2.26. The molecule has 0 unspecified atom stereocenters. The first kappa shape index (κ1) is 19.6. The summed E-state index contributed by atoms with van der Waals surface area (Å²) in [4.78, 5) is 23.8. The molecule has 0 radical (unpaired) electrons. The van der Waals surface area contributed by atoms with Crippen LogP contribution >= 0.6 is 0 Å². The molecule has 1 aromatic heterocycles. The van der Waals surface area contributed by atoms with E-state index in [0.29, 0.717) is 10.9 Å². The molecule has 0 saturated carbocycles. The Morgan fingerprint density at radius 1 is 1.14 bits per heavy atom. The molecule has 0 saturated heterocycles. The molecule has 0 aliphatic carbocycles. The molecule has 29 heavy (non-hydrogen) atoms. The lowest BCUT2D eigenvalue weighted by molar-refractivity contribution is -0.122. The van der Waals surface area contributed by atoms with E-state index in [4.69, 9.17) is 6.42 Å². The molecule has 0 bridgehead atoms. The van der Waals surface area contributed by atoms with E-state index in [-0.39, 0.29) is 24.7 Å². The zero-order valence-corrected chi connectivity index (χ0v) is 15.4. The summed E-state index contributed by atoms with van der Waals surface area (Å²) in [5.41, 5.74) is 1.70. The Morgan fingerprint density at radius 2 is 1.86 bits per heavy atom. The number of hydrogen-bond donors (Lipinski definition) is 2. The van der Waals surface area contributed by atoms with Crippen LogP contribution in [0.25, 0.3) is 17.0 Å². The van der Waals surface area contributed by atoms with Gasteiger partial charge in [-0.3, -0.25) is 14.2 Å². The van der Waals surface area contributed by atoms with Crippen LogP contribution in [0.4, 0.5) is 5.69 Å². The van der Waals surface area contributed by atoms with Gasteiger partial charge < -0.3 is 10.4 Å². The summed E-state index contributed by atoms with van der Waals surface area (Å²) in [5.74, 6) is 1.21. The predicted molar refractivity (Wildman–Crippen MR) is 110 cm³/mol. The maximum atomic E-state index is 12.0. The fraction of sp³-hybridized carbons (Fsp3) is 0.0909. The number of amides is 2. The molecule has 7 heteroatoms. The van der Waals surface area contributed by atoms with Crippen molar-refractivity contribution in [2.24, 2.45) is 10.2 Å². The molecule has 0 fully saturated rings. The van der Waals surface area contributed by atoms with Crippen molar-refractivity contribution >= 4 is 34.5 Å². The molecule has 3 rings (SSSR count). The molecule has 0 aliphatic rings. The van der Waals surface area contributed by atoms with Crippen LogP contribution < -0.4 is 5.32 Å². The second-order valence-electron chi connectivity index (χ2n) is 6.04. The SMILES string of the molecule is C#CCn1c(O)c(N=NC(=O)CNC(=O)C=Cc2ccccc2)c2ccccc21. The molecule has 0 atom stereocenters. The number of terminal acetylenes is 1. The topological polar surface area (TPSA) is 96.0 Å². The number of azo groups is 1. The van der Waals surface area contributed by atoms with E-state index in [2.05, 4.69) is 21.5 Å². The molecule has 2 amide bonds. The van der Waals surface area contributed by atoms with Crippen LogP contribution in [0, 0.1) is 12.3 Å². The van der Waals surface area contributed by atoms with E-state index in [1.54, 1.807) is 30.3 Å². The van der Waals surface area contributed by atoms with Gasteiger partial charge in [-0.1, -0.05) is 54.5 Å². The van der Waals surface area contributed by atoms with Crippen LogP contribution in [-0.4, -0.2) is 28.0 Å². The molecular weight excluding hydrogens is 368 g/mol. The van der Waals surface area contributed by atoms with Gasteiger partial charge in [0.05, 0.1) is 12.1 Å². The number of nitrogens with one attached hydrogen (secondary N) is 1. The summed E-state index contributed by atoms with van der Waals surface area (Å²) in [7, 11) is 0. The summed E-state index contributed by atoms with van der Waals surface area (Å²) in [6, 6.07) is 16.4. The van der Waals surface area contributed by atoms with Crippen molar-refractivity contribution < 1.29 is 14.7 Å². The highest BCUT2D eigenvalue weighted by atomic mass is 16.3. The third-order valence-corrected chi connectivity index (χ3v) is 4.07. The maximum absolute atomic E-state index is 12.0. The highest BCUT2D eigenvalue weighted by Gasteiger charge is 2.16. The number of carbonyl (C=O) groups is 2. The number of fused-ring (bicyclic) bond motifs is 1. The summed E-state index contributed by atoms with van der Waals surface area (Å²) >= 11 is 0. The third-order valence-electron chi connectivity index (χ3n) is 4.07. The number of nitrogens with zero attached hydrogens (tertiary/aromatic N) is 3. The van der Waals surface area contributed by atoms with Crippen LogP contribution in [0.5, 0.6) is 5.88 Å². The maximum Gasteiger partial charge on any atom is 0.283 e. The molecule has 0 spiro atoms. The first-order valence-corrected chi connectivity index (χ1v) is 8.79. The van der Waals surface area contributed by atoms with Gasteiger partial charge in [0.25, 0.3) is 5.91 Å². The van der Waals surface area contributed by atoms with Gasteiger partial charge >= 0.3 is 0 Å². The van der Waals surface area contributed by atoms with Gasteiger partial charge in [-0.15, -0.1) is 16.7 Å². The van der Waals surface area contributed by atoms with E-state index >= 15 is 0 Å². The standard InChI is InChI=1S/C22H18N4O3/c1-2-14-26-18-11-7-6-10-17(18)21(22(26)29)25-24-20(28)15-23-19(27)13-12-16-8-4-3-5-9-16/h1,3-13,29H,14-15H2,(H,23,27). The summed E-state index contributed by atoms with van der Waals surface area (Å²) in [6.07, 6.45) is 8.32. The molecule has 1 heterocycles. The molecule has 7 nitrogen and oxygen atoms in total. The lowest BCUT2D eigenvalue weighted by atomic mass is 10.2. The van der Waals surface area contributed by atoms with E-state index in [1.165, 1.54) is 10.6 Å². The minimum absolute atomic E-state index is 0.152. The van der Waals surface area contributed by atoms with Crippen LogP contribution in [-0.2, 0) is 16.1 Å². The summed E-state index contributed by atoms with van der Waals surface area (Å²) < 4.78 is 1.50. The number of carbonyl (C=O) groups excluding carboxylic acids is 2. The van der Waals surface area contributed by atoms with Gasteiger partial charge in [0, 0.05) is 11.5 Å². The number of para-hydroxylation sites is 1. The Kier molecular flexibility index (Phi) is 6.18. The van der Waals surface area contributed by atoms with E-state index in [1.807, 2.05) is 30.3 Å². The van der Waals surface area contributed by atoms with Gasteiger partial charge in [0.15, 0.2) is 5.69 Å². The second kappa shape index (κ2) is 9.15. The molecule has 3 aromatic rings. The average molecular weight is 386 g/mol. The molecule has 144 valence electrons. The fourth-order valence-corrected chi connectivity index (χ4v) is 2.72. The van der Waals surface area contributed by atoms with Gasteiger partial charge in [-0.25, -0.2) is 0 Å². The Hall–Kier alpha value is -4.18. The molecule has 0 aliphatic heterocycles. The van der Waals surface area contributed by atoms with Crippen LogP contribution in [0.1, 0.15) is 5.56 Å². The number of aromatic nitrogens is 1. The number of benzene rings is 2. The number of aromatic hydroxyl groups is 1. The van der Waals surface area contributed by atoms with E-state index in [9.17, 15) is 14.7 Å². The fourth-order valence-electron chi connectivity index (χ4n) is 2.72. The normalized spacial score (nSPS) is 11.1. The summed E-state index contributed by atoms with van der Waals surface area (Å²) in [6.45, 7) is -0.162. The van der Waals surface area contributed by atoms with Crippen molar-refractivity contribution in [3.63, 3.8) is 0 Å². The van der Waals surface area contributed by atoms with Crippen molar-refractivity contribution in [1.29, 1.82) is 0 Å². The quantitative estimate of drug-likeness (QED) is 0.386. The number of hydrogen-bond acceptors (Lipinski definition) is 4. The smallest absolute Gasteiger partial charge is 0.283 e. The zero-order chi connectivity index (χ0) is 20.6. The van der Waals surface area contributed by atoms with E-state index in [0.717, 1.165) is 5.56 Å². The first-order valence-electron chi connectivity index (χ1n) is 8.79. The van der Waals surface area contributed by atoms with Crippen molar-refractivity contribution in [3.05, 3.63) is 66.2 Å². The Labute approximate surface area is 167 Å². The van der Waals surface area contributed by atoms with Crippen LogP contribution in [0.15, 0.2) is 70.9 Å². The molecule has 2 N–H and O–H groups in total. The van der Waals surface area contributed by atoms with Gasteiger partial charge in [-0.2, -0.15) is 0 Å². The Bertz CT molecular complexity index is 1140. The minimum Gasteiger partial charge on any atom is -0.493 e. The van der Waals surface area contributed by atoms with Gasteiger partial charge in [-0.05, 0) is 17.7 Å². The second-order valence-corrected chi connectivity index (χ2v) is 6.04. The molecule has 2 aromatic carbocycles. The van der Waals surface area contributed by atoms with Crippen LogP contribution in [0.2, 0.25) is 0 Å². The lowest BCUT2D eigenvalue weighted by Gasteiger charge is -2.00. The monoisotopic (exact) mass is 386 g/mol. The van der Waals surface area contributed by atoms with Crippen molar-refractivity contribution in [1.82, 2.24) is 9.88 Å². The van der Waals surface area contributed by atoms with E-state index < -0.39 is 11.8 Å². The predicted octanol–water partition coefficient (Wildman–Crippen LogP) is 3.42. The van der Waals surface area contributed by atoms with Gasteiger partial charge in [0.1, 0.15) is 6.54 Å². The third kappa shape index (κ3) is 4.76. The Morgan fingerprint density at radius 3 is 2.62 bits per heavy atom. The minimum atomic E-state index is -0.653.